The average molecular weight is 180 g/mol. The van der Waals surface area contributed by atoms with E-state index >= 15 is 0 Å². The second-order valence-corrected chi connectivity index (χ2v) is 2.54. The Labute approximate surface area is 98.0 Å². The van der Waals surface area contributed by atoms with Crippen molar-refractivity contribution in [1.29, 1.82) is 0 Å². The molecule has 0 spiro atoms. The van der Waals surface area contributed by atoms with Crippen LogP contribution in [0.4, 0.5) is 0 Å². The van der Waals surface area contributed by atoms with Crippen molar-refractivity contribution >= 4 is 5.97 Å². The van der Waals surface area contributed by atoms with Crippen LogP contribution in [-0.4, -0.2) is 5.97 Å². The summed E-state index contributed by atoms with van der Waals surface area (Å²) in [4.78, 5) is 9.92. The molecule has 3 heteroatoms. The zero-order valence-corrected chi connectivity index (χ0v) is 10.1. The number of unbranched alkanes of at least 4 members (excludes halogenated alkanes) is 4. The molecular weight excluding hydrogens is 165 g/mol. The van der Waals surface area contributed by atoms with E-state index < -0.39 is 5.97 Å². The SMILES string of the molecule is CCCCCCCC(=O)[O-].[14C].[Na+]. The molecule has 0 fully saturated rings. The molecule has 0 aromatic rings. The van der Waals surface area contributed by atoms with Gasteiger partial charge in [0.25, 0.3) is 0 Å². The van der Waals surface area contributed by atoms with E-state index in [1.807, 2.05) is 0 Å². The molecule has 0 aliphatic rings. The van der Waals surface area contributed by atoms with Gasteiger partial charge in [0.15, 0.2) is 0 Å². The number of carbonyl (C=O) groups excluding carboxylic acids is 1. The number of carboxylic acids is 1. The third-order valence-corrected chi connectivity index (χ3v) is 1.48. The number of rotatable bonds is 6. The fraction of sp³-hybridized carbons (Fsp3) is 0.778. The molecular formula is C9H15NaO2. The van der Waals surface area contributed by atoms with Gasteiger partial charge in [0.1, 0.15) is 0 Å². The van der Waals surface area contributed by atoms with Crippen molar-refractivity contribution < 1.29 is 39.5 Å². The normalized spacial score (nSPS) is 8.08. The minimum atomic E-state index is -0.920. The van der Waals surface area contributed by atoms with Gasteiger partial charge in [-0.15, -0.1) is 0 Å². The van der Waals surface area contributed by atoms with E-state index in [2.05, 4.69) is 6.92 Å². The molecule has 0 saturated carbocycles. The number of hydrogen-bond acceptors (Lipinski definition) is 2. The van der Waals surface area contributed by atoms with Gasteiger partial charge in [0.2, 0.25) is 0 Å². The van der Waals surface area contributed by atoms with Gasteiger partial charge in [0, 0.05) is 13.4 Å². The van der Waals surface area contributed by atoms with Crippen molar-refractivity contribution in [2.45, 2.75) is 45.4 Å². The molecule has 0 saturated heterocycles. The summed E-state index contributed by atoms with van der Waals surface area (Å²) in [5.41, 5.74) is 0. The molecule has 0 atom stereocenters. The topological polar surface area (TPSA) is 40.1 Å². The Morgan fingerprint density at radius 2 is 1.67 bits per heavy atom. The molecule has 0 rings (SSSR count). The molecule has 4 radical (unpaired) electrons. The summed E-state index contributed by atoms with van der Waals surface area (Å²) in [6.07, 6.45) is 5.61. The average Bonchev–Trinajstić information content (AvgIpc) is 1.87. The van der Waals surface area contributed by atoms with Gasteiger partial charge in [0.05, 0.1) is 0 Å². The van der Waals surface area contributed by atoms with Crippen molar-refractivity contribution in [2.75, 3.05) is 0 Å². The predicted octanol–water partition coefficient (Wildman–Crippen LogP) is -1.82. The van der Waals surface area contributed by atoms with Crippen LogP contribution < -0.4 is 34.7 Å². The van der Waals surface area contributed by atoms with Gasteiger partial charge >= 0.3 is 29.6 Å². The van der Waals surface area contributed by atoms with Crippen molar-refractivity contribution in [1.82, 2.24) is 0 Å². The van der Waals surface area contributed by atoms with Crippen molar-refractivity contribution in [3.05, 3.63) is 7.43 Å². The Hall–Kier alpha value is 0.470. The van der Waals surface area contributed by atoms with Gasteiger partial charge < -0.3 is 9.90 Å². The summed E-state index contributed by atoms with van der Waals surface area (Å²) < 4.78 is 0. The maximum Gasteiger partial charge on any atom is 1.00 e. The molecule has 64 valence electrons. The van der Waals surface area contributed by atoms with Gasteiger partial charge in [-0.05, 0) is 12.8 Å². The predicted molar refractivity (Wildman–Crippen MR) is 41.6 cm³/mol. The molecule has 0 heterocycles. The standard InChI is InChI=1S/C8H16O2.C.Na/c1-2-3-4-5-6-7-8(9)10;;/h2-7H2,1H3,(H,9,10);;/q;;+1/p-1/i;1+2;. The first-order valence-corrected chi connectivity index (χ1v) is 3.97. The Bertz CT molecular complexity index is 94.5. The molecule has 0 unspecified atom stereocenters. The van der Waals surface area contributed by atoms with E-state index in [0.29, 0.717) is 0 Å². The van der Waals surface area contributed by atoms with Crippen molar-refractivity contribution in [2.24, 2.45) is 0 Å². The van der Waals surface area contributed by atoms with E-state index in [4.69, 9.17) is 0 Å². The van der Waals surface area contributed by atoms with Gasteiger partial charge in [-0.25, -0.2) is 0 Å². The molecule has 2 nitrogen and oxygen atoms in total. The number of carbonyl (C=O) groups is 1. The van der Waals surface area contributed by atoms with Crippen LogP contribution in [0.25, 0.3) is 0 Å². The number of hydrogen-bond donors (Lipinski definition) is 0. The van der Waals surface area contributed by atoms with Crippen molar-refractivity contribution in [3.8, 4) is 0 Å². The molecule has 0 aliphatic carbocycles. The molecule has 0 bridgehead atoms. The van der Waals surface area contributed by atoms with Crippen LogP contribution in [0.5, 0.6) is 0 Å². The minimum Gasteiger partial charge on any atom is -0.550 e. The quantitative estimate of drug-likeness (QED) is 0.357. The second kappa shape index (κ2) is 14.0. The summed E-state index contributed by atoms with van der Waals surface area (Å²) in [7, 11) is 0. The van der Waals surface area contributed by atoms with E-state index in [1.54, 1.807) is 0 Å². The molecule has 0 aromatic heterocycles. The summed E-state index contributed by atoms with van der Waals surface area (Å²) >= 11 is 0. The van der Waals surface area contributed by atoms with Gasteiger partial charge in [-0.2, -0.15) is 0 Å². The van der Waals surface area contributed by atoms with Gasteiger partial charge in [-0.3, -0.25) is 0 Å². The van der Waals surface area contributed by atoms with E-state index in [-0.39, 0.29) is 43.4 Å². The largest absolute Gasteiger partial charge is 1.00 e. The van der Waals surface area contributed by atoms with Crippen molar-refractivity contribution in [3.63, 3.8) is 0 Å². The number of aliphatic carboxylic acids is 1. The Morgan fingerprint density at radius 1 is 1.17 bits per heavy atom. The first-order chi connectivity index (χ1) is 4.77. The summed E-state index contributed by atoms with van der Waals surface area (Å²) in [5, 5.41) is 9.92. The third kappa shape index (κ3) is 16.8. The molecule has 0 aromatic carbocycles. The third-order valence-electron chi connectivity index (χ3n) is 1.48. The van der Waals surface area contributed by atoms with Crippen LogP contribution in [0, 0.1) is 7.43 Å². The summed E-state index contributed by atoms with van der Waals surface area (Å²) in [6, 6.07) is 0. The van der Waals surface area contributed by atoms with Crippen LogP contribution in [-0.2, 0) is 4.79 Å². The molecule has 0 N–H and O–H groups in total. The van der Waals surface area contributed by atoms with Gasteiger partial charge in [-0.1, -0.05) is 32.6 Å². The first-order valence-electron chi connectivity index (χ1n) is 3.97. The van der Waals surface area contributed by atoms with E-state index in [9.17, 15) is 9.90 Å². The summed E-state index contributed by atoms with van der Waals surface area (Å²) in [6.45, 7) is 2.14. The first kappa shape index (κ1) is 18.3. The van der Waals surface area contributed by atoms with E-state index in [0.717, 1.165) is 19.3 Å². The molecule has 0 aliphatic heterocycles. The van der Waals surface area contributed by atoms with Crippen LogP contribution in [0.1, 0.15) is 45.4 Å². The monoisotopic (exact) mass is 180 g/mol. The van der Waals surface area contributed by atoms with E-state index in [1.165, 1.54) is 12.8 Å². The fourth-order valence-corrected chi connectivity index (χ4v) is 0.873. The smallest absolute Gasteiger partial charge is 0.550 e. The Morgan fingerprint density at radius 3 is 2.08 bits per heavy atom. The van der Waals surface area contributed by atoms with Crippen LogP contribution in [0.2, 0.25) is 0 Å². The fourth-order valence-electron chi connectivity index (χ4n) is 0.873. The second-order valence-electron chi connectivity index (χ2n) is 2.54. The molecule has 0 amide bonds. The Kier molecular flexibility index (Phi) is 21.4. The molecule has 12 heavy (non-hydrogen) atoms. The van der Waals surface area contributed by atoms with Crippen LogP contribution >= 0.6 is 0 Å². The summed E-state index contributed by atoms with van der Waals surface area (Å²) in [5.74, 6) is -0.920. The van der Waals surface area contributed by atoms with Crippen LogP contribution in [0.3, 0.4) is 0 Å². The van der Waals surface area contributed by atoms with Crippen LogP contribution in [0.15, 0.2) is 0 Å². The number of carboxylic acid groups (broad SMARTS) is 1. The maximum absolute atomic E-state index is 9.92. The maximum atomic E-state index is 9.92. The zero-order valence-electron chi connectivity index (χ0n) is 8.06. The minimum absolute atomic E-state index is 0. The zero-order chi connectivity index (χ0) is 7.82. The Balaban J connectivity index is -0.000000405.